The fourth-order valence-electron chi connectivity index (χ4n) is 8.57. The summed E-state index contributed by atoms with van der Waals surface area (Å²) in [6, 6.07) is 61.2. The van der Waals surface area contributed by atoms with Crippen molar-refractivity contribution in [3.05, 3.63) is 169 Å². The van der Waals surface area contributed by atoms with Crippen LogP contribution in [0.5, 0.6) is 0 Å². The van der Waals surface area contributed by atoms with Crippen LogP contribution in [0.4, 0.5) is 0 Å². The van der Waals surface area contributed by atoms with Crippen molar-refractivity contribution >= 4 is 43.1 Å². The zero-order valence-electron chi connectivity index (χ0n) is 28.6. The quantitative estimate of drug-likeness (QED) is 0.169. The van der Waals surface area contributed by atoms with Gasteiger partial charge in [-0.2, -0.15) is 0 Å². The zero-order valence-corrected chi connectivity index (χ0v) is 28.6. The second-order valence-corrected chi connectivity index (χ2v) is 14.9. The SMILES string of the molecule is CC(C)(C)c1ccc2c3c(cccc13)-c1cc3c(cc1-2)c(-c1ccccc1)cc1c2ccc(-c4ccccc4)cc2c(-c2ccccc2)cc31. The number of hydrogen-bond donors (Lipinski definition) is 0. The lowest BCUT2D eigenvalue weighted by Crippen LogP contribution is -2.11. The monoisotopic (exact) mass is 636 g/mol. The van der Waals surface area contributed by atoms with Gasteiger partial charge in [0, 0.05) is 0 Å². The molecule has 0 bridgehead atoms. The Morgan fingerprint density at radius 1 is 0.280 bits per heavy atom. The van der Waals surface area contributed by atoms with E-state index in [1.54, 1.807) is 0 Å². The van der Waals surface area contributed by atoms with Crippen LogP contribution in [0.2, 0.25) is 0 Å². The summed E-state index contributed by atoms with van der Waals surface area (Å²) in [6.45, 7) is 6.97. The normalized spacial score (nSPS) is 12.3. The van der Waals surface area contributed by atoms with Crippen molar-refractivity contribution < 1.29 is 0 Å². The van der Waals surface area contributed by atoms with Crippen LogP contribution in [-0.4, -0.2) is 0 Å². The molecule has 0 fully saturated rings. The lowest BCUT2D eigenvalue weighted by Gasteiger charge is -2.22. The van der Waals surface area contributed by atoms with Gasteiger partial charge in [0.2, 0.25) is 0 Å². The molecule has 0 radical (unpaired) electrons. The van der Waals surface area contributed by atoms with Crippen LogP contribution in [-0.2, 0) is 5.41 Å². The first-order valence-corrected chi connectivity index (χ1v) is 17.7. The summed E-state index contributed by atoms with van der Waals surface area (Å²) in [5.74, 6) is 0. The summed E-state index contributed by atoms with van der Waals surface area (Å²) in [6.07, 6.45) is 0. The Kier molecular flexibility index (Phi) is 6.24. The molecule has 0 saturated heterocycles. The number of rotatable bonds is 3. The van der Waals surface area contributed by atoms with Gasteiger partial charge in [0.15, 0.2) is 0 Å². The summed E-state index contributed by atoms with van der Waals surface area (Å²) < 4.78 is 0. The molecule has 9 aromatic rings. The number of benzene rings is 9. The molecule has 10 rings (SSSR count). The fourth-order valence-corrected chi connectivity index (χ4v) is 8.57. The van der Waals surface area contributed by atoms with Gasteiger partial charge in [0.05, 0.1) is 0 Å². The highest BCUT2D eigenvalue weighted by atomic mass is 14.3. The van der Waals surface area contributed by atoms with E-state index in [4.69, 9.17) is 0 Å². The molecule has 0 unspecified atom stereocenters. The van der Waals surface area contributed by atoms with Crippen LogP contribution in [0.1, 0.15) is 26.3 Å². The maximum atomic E-state index is 2.50. The minimum Gasteiger partial charge on any atom is -0.0622 e. The summed E-state index contributed by atoms with van der Waals surface area (Å²) in [7, 11) is 0. The van der Waals surface area contributed by atoms with E-state index in [1.165, 1.54) is 104 Å². The molecular weight excluding hydrogens is 601 g/mol. The van der Waals surface area contributed by atoms with E-state index in [0.717, 1.165) is 0 Å². The predicted octanol–water partition coefficient (Wildman–Crippen LogP) is 14.2. The van der Waals surface area contributed by atoms with Crippen LogP contribution in [0, 0.1) is 0 Å². The summed E-state index contributed by atoms with van der Waals surface area (Å²) in [4.78, 5) is 0. The fraction of sp³-hybridized carbons (Fsp3) is 0.0800. The molecule has 0 atom stereocenters. The van der Waals surface area contributed by atoms with Crippen LogP contribution in [0.15, 0.2) is 164 Å². The van der Waals surface area contributed by atoms with Crippen LogP contribution in [0.3, 0.4) is 0 Å². The van der Waals surface area contributed by atoms with E-state index < -0.39 is 0 Å². The molecule has 0 N–H and O–H groups in total. The Hall–Kier alpha value is -5.98. The summed E-state index contributed by atoms with van der Waals surface area (Å²) >= 11 is 0. The predicted molar refractivity (Wildman–Crippen MR) is 216 cm³/mol. The topological polar surface area (TPSA) is 0 Å². The minimum atomic E-state index is 0.0581. The first-order valence-electron chi connectivity index (χ1n) is 17.7. The third-order valence-electron chi connectivity index (χ3n) is 10.9. The third-order valence-corrected chi connectivity index (χ3v) is 10.9. The van der Waals surface area contributed by atoms with Gasteiger partial charge in [-0.1, -0.05) is 154 Å². The molecule has 0 nitrogen and oxygen atoms in total. The lowest BCUT2D eigenvalue weighted by molar-refractivity contribution is 0.596. The molecule has 0 amide bonds. The third kappa shape index (κ3) is 4.31. The molecule has 236 valence electrons. The molecular formula is C50H36. The first kappa shape index (κ1) is 29.0. The van der Waals surface area contributed by atoms with Gasteiger partial charge in [0.1, 0.15) is 0 Å². The van der Waals surface area contributed by atoms with Crippen LogP contribution < -0.4 is 0 Å². The van der Waals surface area contributed by atoms with Gasteiger partial charge in [-0.3, -0.25) is 0 Å². The van der Waals surface area contributed by atoms with Gasteiger partial charge in [-0.15, -0.1) is 0 Å². The Morgan fingerprint density at radius 3 is 1.40 bits per heavy atom. The average molecular weight is 637 g/mol. The van der Waals surface area contributed by atoms with Crippen molar-refractivity contribution in [2.24, 2.45) is 0 Å². The van der Waals surface area contributed by atoms with E-state index in [2.05, 4.69) is 185 Å². The molecule has 50 heavy (non-hydrogen) atoms. The highest BCUT2D eigenvalue weighted by molar-refractivity contribution is 6.27. The minimum absolute atomic E-state index is 0.0581. The standard InChI is InChI=1S/C50H36/c1-50(2,3)48-25-24-37-44-29-45-40(33-18-11-6-12-19-33)27-42-35-23-22-34(31-14-7-4-8-15-31)26-41(35)39(32-16-9-5-10-17-32)28-46(42)47(45)30-43(44)36-20-13-21-38(48)49(36)37/h4-30H,1-3H3. The molecule has 0 saturated carbocycles. The van der Waals surface area contributed by atoms with Crippen LogP contribution >= 0.6 is 0 Å². The van der Waals surface area contributed by atoms with Crippen molar-refractivity contribution in [2.45, 2.75) is 26.2 Å². The van der Waals surface area contributed by atoms with Crippen molar-refractivity contribution in [1.29, 1.82) is 0 Å². The molecule has 1 aliphatic rings. The second-order valence-electron chi connectivity index (χ2n) is 14.9. The lowest BCUT2D eigenvalue weighted by atomic mass is 9.82. The number of hydrogen-bond acceptors (Lipinski definition) is 0. The Morgan fingerprint density at radius 2 is 0.780 bits per heavy atom. The van der Waals surface area contributed by atoms with Gasteiger partial charge in [-0.05, 0) is 140 Å². The van der Waals surface area contributed by atoms with E-state index in [-0.39, 0.29) is 5.41 Å². The van der Waals surface area contributed by atoms with E-state index >= 15 is 0 Å². The maximum absolute atomic E-state index is 2.50. The molecule has 0 heterocycles. The highest BCUT2D eigenvalue weighted by Crippen LogP contribution is 2.52. The molecule has 0 aromatic heterocycles. The molecule has 9 aromatic carbocycles. The van der Waals surface area contributed by atoms with Gasteiger partial charge in [-0.25, -0.2) is 0 Å². The first-order chi connectivity index (χ1) is 24.4. The largest absolute Gasteiger partial charge is 0.0622 e. The molecule has 0 aliphatic heterocycles. The smallest absolute Gasteiger partial charge is 0.00234 e. The van der Waals surface area contributed by atoms with E-state index in [0.29, 0.717) is 0 Å². The molecule has 0 spiro atoms. The van der Waals surface area contributed by atoms with Crippen molar-refractivity contribution in [3.63, 3.8) is 0 Å². The number of fused-ring (bicyclic) bond motifs is 8. The van der Waals surface area contributed by atoms with Gasteiger partial charge >= 0.3 is 0 Å². The van der Waals surface area contributed by atoms with Crippen molar-refractivity contribution in [2.75, 3.05) is 0 Å². The van der Waals surface area contributed by atoms with E-state index in [9.17, 15) is 0 Å². The second kappa shape index (κ2) is 10.8. The Balaban J connectivity index is 1.35. The summed E-state index contributed by atoms with van der Waals surface area (Å²) in [5, 5.41) is 10.5. The van der Waals surface area contributed by atoms with Gasteiger partial charge < -0.3 is 0 Å². The summed E-state index contributed by atoms with van der Waals surface area (Å²) in [5.41, 5.74) is 14.3. The Bertz CT molecular complexity index is 2800. The molecule has 0 heteroatoms. The average Bonchev–Trinajstić information content (AvgIpc) is 3.47. The molecule has 1 aliphatic carbocycles. The zero-order chi connectivity index (χ0) is 33.6. The van der Waals surface area contributed by atoms with Crippen LogP contribution in [0.25, 0.3) is 98.7 Å². The van der Waals surface area contributed by atoms with E-state index in [1.807, 2.05) is 0 Å². The highest BCUT2D eigenvalue weighted by Gasteiger charge is 2.27. The van der Waals surface area contributed by atoms with Crippen molar-refractivity contribution in [1.82, 2.24) is 0 Å². The Labute approximate surface area is 293 Å². The van der Waals surface area contributed by atoms with Crippen molar-refractivity contribution in [3.8, 4) is 55.6 Å². The maximum Gasteiger partial charge on any atom is -0.00234 e. The van der Waals surface area contributed by atoms with Gasteiger partial charge in [0.25, 0.3) is 0 Å².